The van der Waals surface area contributed by atoms with Crippen LogP contribution in [0.1, 0.15) is 38.1 Å². The molecule has 2 aromatic rings. The second-order valence-electron chi connectivity index (χ2n) is 7.39. The number of carbonyl (C=O) groups excluding carboxylic acids is 4. The van der Waals surface area contributed by atoms with Gasteiger partial charge in [-0.05, 0) is 56.2 Å². The normalized spacial score (nSPS) is 12.4. The number of amides is 3. The van der Waals surface area contributed by atoms with Gasteiger partial charge in [-0.2, -0.15) is 0 Å². The zero-order chi connectivity index (χ0) is 23.0. The molecule has 8 heteroatoms. The van der Waals surface area contributed by atoms with E-state index in [1.54, 1.807) is 62.4 Å². The third-order valence-corrected chi connectivity index (χ3v) is 4.46. The van der Waals surface area contributed by atoms with Crippen molar-refractivity contribution >= 4 is 35.1 Å². The Balaban J connectivity index is 1.93. The summed E-state index contributed by atoms with van der Waals surface area (Å²) >= 11 is 0. The predicted molar refractivity (Wildman–Crippen MR) is 118 cm³/mol. The van der Waals surface area contributed by atoms with E-state index < -0.39 is 30.1 Å². The van der Waals surface area contributed by atoms with Crippen LogP contribution in [0.3, 0.4) is 0 Å². The van der Waals surface area contributed by atoms with Crippen LogP contribution in [-0.2, 0) is 14.3 Å². The average Bonchev–Trinajstić information content (AvgIpc) is 2.72. The van der Waals surface area contributed by atoms with E-state index in [0.717, 1.165) is 0 Å². The molecular weight excluding hydrogens is 398 g/mol. The topological polar surface area (TPSA) is 114 Å². The zero-order valence-electron chi connectivity index (χ0n) is 18.0. The lowest BCUT2D eigenvalue weighted by molar-refractivity contribution is -0.156. The number of Topliss-reactive ketones (excluding diaryl/α,β-unsaturated/α-hetero) is 1. The number of carbonyl (C=O) groups is 4. The van der Waals surface area contributed by atoms with Gasteiger partial charge in [0, 0.05) is 16.9 Å². The first-order valence-corrected chi connectivity index (χ1v) is 9.92. The van der Waals surface area contributed by atoms with Crippen molar-refractivity contribution < 1.29 is 23.9 Å². The fourth-order valence-corrected chi connectivity index (χ4v) is 2.66. The van der Waals surface area contributed by atoms with Crippen LogP contribution in [0.5, 0.6) is 0 Å². The number of rotatable bonds is 8. The lowest BCUT2D eigenvalue weighted by Crippen LogP contribution is -2.48. The maximum atomic E-state index is 12.6. The highest BCUT2D eigenvalue weighted by molar-refractivity contribution is 5.98. The number of hydrogen-bond donors (Lipinski definition) is 3. The molecule has 8 nitrogen and oxygen atoms in total. The number of para-hydroxylation sites is 1. The van der Waals surface area contributed by atoms with E-state index in [1.165, 1.54) is 13.8 Å². The Kier molecular flexibility index (Phi) is 8.31. The number of urea groups is 1. The molecule has 0 unspecified atom stereocenters. The summed E-state index contributed by atoms with van der Waals surface area (Å²) in [5, 5.41) is 7.86. The van der Waals surface area contributed by atoms with Crippen molar-refractivity contribution in [1.29, 1.82) is 0 Å². The number of ether oxygens (including phenoxy) is 1. The van der Waals surface area contributed by atoms with Gasteiger partial charge in [0.1, 0.15) is 6.04 Å². The summed E-state index contributed by atoms with van der Waals surface area (Å²) in [4.78, 5) is 48.5. The summed E-state index contributed by atoms with van der Waals surface area (Å²) in [6.45, 7) is 6.42. The van der Waals surface area contributed by atoms with Crippen molar-refractivity contribution in [1.82, 2.24) is 5.32 Å². The smallest absolute Gasteiger partial charge is 0.329 e. The fourth-order valence-electron chi connectivity index (χ4n) is 2.66. The highest BCUT2D eigenvalue weighted by atomic mass is 16.5. The van der Waals surface area contributed by atoms with Crippen LogP contribution >= 0.6 is 0 Å². The number of benzene rings is 2. The monoisotopic (exact) mass is 425 g/mol. The Morgan fingerprint density at radius 1 is 0.806 bits per heavy atom. The molecule has 0 saturated heterocycles. The average molecular weight is 425 g/mol. The van der Waals surface area contributed by atoms with E-state index in [9.17, 15) is 19.2 Å². The van der Waals surface area contributed by atoms with Crippen LogP contribution in [-0.4, -0.2) is 35.8 Å². The number of nitrogens with one attached hydrogen (secondary N) is 3. The summed E-state index contributed by atoms with van der Waals surface area (Å²) < 4.78 is 5.27. The fraction of sp³-hybridized carbons (Fsp3) is 0.304. The van der Waals surface area contributed by atoms with Crippen molar-refractivity contribution in [2.24, 2.45) is 5.92 Å². The van der Waals surface area contributed by atoms with Crippen LogP contribution in [0.25, 0.3) is 0 Å². The minimum atomic E-state index is -1.08. The van der Waals surface area contributed by atoms with Gasteiger partial charge in [0.25, 0.3) is 5.91 Å². The Morgan fingerprint density at radius 2 is 1.39 bits per heavy atom. The Labute approximate surface area is 181 Å². The zero-order valence-corrected chi connectivity index (χ0v) is 18.0. The second-order valence-corrected chi connectivity index (χ2v) is 7.39. The molecule has 0 saturated carbocycles. The van der Waals surface area contributed by atoms with Gasteiger partial charge in [-0.25, -0.2) is 9.59 Å². The molecule has 2 aromatic carbocycles. The van der Waals surface area contributed by atoms with Gasteiger partial charge in [-0.1, -0.05) is 32.0 Å². The molecule has 0 fully saturated rings. The van der Waals surface area contributed by atoms with Gasteiger partial charge >= 0.3 is 12.0 Å². The van der Waals surface area contributed by atoms with E-state index >= 15 is 0 Å². The van der Waals surface area contributed by atoms with E-state index in [1.807, 2.05) is 6.07 Å². The van der Waals surface area contributed by atoms with Crippen LogP contribution in [0.2, 0.25) is 0 Å². The maximum Gasteiger partial charge on any atom is 0.329 e. The molecule has 0 bridgehead atoms. The van der Waals surface area contributed by atoms with Gasteiger partial charge < -0.3 is 20.7 Å². The summed E-state index contributed by atoms with van der Waals surface area (Å²) in [7, 11) is 0. The molecule has 3 amide bonds. The van der Waals surface area contributed by atoms with Crippen molar-refractivity contribution in [3.05, 3.63) is 60.2 Å². The minimum Gasteiger partial charge on any atom is -0.451 e. The van der Waals surface area contributed by atoms with Crippen molar-refractivity contribution in [2.75, 3.05) is 10.6 Å². The molecule has 2 rings (SSSR count). The standard InChI is InChI=1S/C23H27N3O5/c1-14(2)20(26-23(30)25-18-8-6-5-7-9-18)22(29)31-16(4)21(28)24-19-12-10-17(11-13-19)15(3)27/h5-14,16,20H,1-4H3,(H,24,28)(H2,25,26,30)/t16-,20+/m1/s1. The molecular formula is C23H27N3O5. The van der Waals surface area contributed by atoms with Crippen LogP contribution in [0.4, 0.5) is 16.2 Å². The Morgan fingerprint density at radius 3 is 1.94 bits per heavy atom. The van der Waals surface area contributed by atoms with Gasteiger partial charge in [-0.15, -0.1) is 0 Å². The second kappa shape index (κ2) is 10.9. The van der Waals surface area contributed by atoms with Crippen molar-refractivity contribution in [2.45, 2.75) is 39.8 Å². The third kappa shape index (κ3) is 7.26. The van der Waals surface area contributed by atoms with Crippen molar-refractivity contribution in [3.8, 4) is 0 Å². The van der Waals surface area contributed by atoms with Gasteiger partial charge in [0.05, 0.1) is 0 Å². The van der Waals surface area contributed by atoms with Crippen LogP contribution < -0.4 is 16.0 Å². The molecule has 0 aliphatic heterocycles. The minimum absolute atomic E-state index is 0.0799. The maximum absolute atomic E-state index is 12.6. The SMILES string of the molecule is CC(=O)c1ccc(NC(=O)[C@@H](C)OC(=O)[C@@H](NC(=O)Nc2ccccc2)C(C)C)cc1. The molecule has 2 atom stereocenters. The summed E-state index contributed by atoms with van der Waals surface area (Å²) in [5.41, 5.74) is 1.58. The van der Waals surface area contributed by atoms with Gasteiger partial charge in [-0.3, -0.25) is 9.59 Å². The van der Waals surface area contributed by atoms with Crippen molar-refractivity contribution in [3.63, 3.8) is 0 Å². The van der Waals surface area contributed by atoms with E-state index in [2.05, 4.69) is 16.0 Å². The Bertz CT molecular complexity index is 926. The van der Waals surface area contributed by atoms with Gasteiger partial charge in [0.2, 0.25) is 0 Å². The van der Waals surface area contributed by atoms with Crippen LogP contribution in [0.15, 0.2) is 54.6 Å². The Hall–Kier alpha value is -3.68. The summed E-state index contributed by atoms with van der Waals surface area (Å²) in [6.07, 6.45) is -1.08. The first-order chi connectivity index (χ1) is 14.7. The first kappa shape index (κ1) is 23.6. The third-order valence-electron chi connectivity index (χ3n) is 4.46. The lowest BCUT2D eigenvalue weighted by atomic mass is 10.0. The summed E-state index contributed by atoms with van der Waals surface area (Å²) in [6, 6.07) is 13.7. The predicted octanol–water partition coefficient (Wildman–Crippen LogP) is 3.61. The highest BCUT2D eigenvalue weighted by Crippen LogP contribution is 2.12. The molecule has 0 radical (unpaired) electrons. The first-order valence-electron chi connectivity index (χ1n) is 9.92. The quantitative estimate of drug-likeness (QED) is 0.442. The largest absolute Gasteiger partial charge is 0.451 e. The highest BCUT2D eigenvalue weighted by Gasteiger charge is 2.29. The van der Waals surface area contributed by atoms with E-state index in [4.69, 9.17) is 4.74 Å². The number of anilines is 2. The molecule has 0 spiro atoms. The number of esters is 1. The molecule has 0 aliphatic rings. The lowest BCUT2D eigenvalue weighted by Gasteiger charge is -2.23. The van der Waals surface area contributed by atoms with E-state index in [-0.39, 0.29) is 11.7 Å². The molecule has 0 aliphatic carbocycles. The van der Waals surface area contributed by atoms with Gasteiger partial charge in [0.15, 0.2) is 11.9 Å². The summed E-state index contributed by atoms with van der Waals surface area (Å²) in [5.74, 6) is -1.58. The molecule has 0 heterocycles. The van der Waals surface area contributed by atoms with Crippen LogP contribution in [0, 0.1) is 5.92 Å². The molecule has 31 heavy (non-hydrogen) atoms. The number of hydrogen-bond acceptors (Lipinski definition) is 5. The molecule has 164 valence electrons. The molecule has 3 N–H and O–H groups in total. The molecule has 0 aromatic heterocycles. The number of ketones is 1. The van der Waals surface area contributed by atoms with E-state index in [0.29, 0.717) is 16.9 Å².